The number of ether oxygens (including phenoxy) is 3. The first kappa shape index (κ1) is 23.8. The monoisotopic (exact) mass is 529 g/mol. The van der Waals surface area contributed by atoms with Crippen molar-refractivity contribution in [2.24, 2.45) is 4.99 Å². The summed E-state index contributed by atoms with van der Waals surface area (Å²) in [5.41, 5.74) is 2.87. The van der Waals surface area contributed by atoms with Gasteiger partial charge in [-0.05, 0) is 42.7 Å². The molecule has 1 aromatic carbocycles. The number of carbonyl (C=O) groups is 1. The molecule has 0 amide bonds. The van der Waals surface area contributed by atoms with Gasteiger partial charge in [-0.15, -0.1) is 24.0 Å². The van der Waals surface area contributed by atoms with E-state index in [0.717, 1.165) is 30.4 Å². The van der Waals surface area contributed by atoms with Gasteiger partial charge in [0.05, 0.1) is 27.9 Å². The van der Waals surface area contributed by atoms with Crippen LogP contribution < -0.4 is 14.8 Å². The average molecular weight is 529 g/mol. The largest absolute Gasteiger partial charge is 0.493 e. The molecule has 1 aliphatic rings. The lowest BCUT2D eigenvalue weighted by molar-refractivity contribution is 0.0599. The van der Waals surface area contributed by atoms with E-state index >= 15 is 0 Å². The van der Waals surface area contributed by atoms with Crippen molar-refractivity contribution in [1.29, 1.82) is 0 Å². The molecule has 0 aliphatic carbocycles. The molecule has 1 aromatic heterocycles. The number of furan rings is 1. The maximum absolute atomic E-state index is 11.8. The van der Waals surface area contributed by atoms with Gasteiger partial charge in [0.25, 0.3) is 0 Å². The number of nitrogens with one attached hydrogen (secondary N) is 1. The number of halogens is 1. The van der Waals surface area contributed by atoms with Crippen molar-refractivity contribution in [3.63, 3.8) is 0 Å². The first-order valence-corrected chi connectivity index (χ1v) is 9.37. The number of aryl methyl sites for hydroxylation is 1. The first-order chi connectivity index (χ1) is 14.0. The first-order valence-electron chi connectivity index (χ1n) is 9.37. The molecule has 0 fully saturated rings. The molecule has 0 saturated carbocycles. The third-order valence-corrected chi connectivity index (χ3v) is 5.02. The van der Waals surface area contributed by atoms with E-state index < -0.39 is 5.97 Å². The van der Waals surface area contributed by atoms with Crippen molar-refractivity contribution in [3.05, 3.63) is 46.4 Å². The molecule has 0 spiro atoms. The summed E-state index contributed by atoms with van der Waals surface area (Å²) in [6, 6.07) is 5.76. The number of benzene rings is 1. The molecule has 164 valence electrons. The predicted octanol–water partition coefficient (Wildman–Crippen LogP) is 3.14. The Kier molecular flexibility index (Phi) is 8.39. The smallest absolute Gasteiger partial charge is 0.341 e. The van der Waals surface area contributed by atoms with Crippen LogP contribution in [0.5, 0.6) is 11.5 Å². The summed E-state index contributed by atoms with van der Waals surface area (Å²) in [6.45, 7) is 3.69. The Morgan fingerprint density at radius 2 is 1.83 bits per heavy atom. The number of guanidine groups is 1. The molecule has 0 bridgehead atoms. The van der Waals surface area contributed by atoms with E-state index in [9.17, 15) is 4.79 Å². The summed E-state index contributed by atoms with van der Waals surface area (Å²) in [4.78, 5) is 18.3. The highest BCUT2D eigenvalue weighted by molar-refractivity contribution is 14.0. The normalized spacial score (nSPS) is 13.2. The lowest BCUT2D eigenvalue weighted by Crippen LogP contribution is -2.43. The Morgan fingerprint density at radius 3 is 2.43 bits per heavy atom. The van der Waals surface area contributed by atoms with Gasteiger partial charge in [-0.25, -0.2) is 4.79 Å². The zero-order valence-electron chi connectivity index (χ0n) is 17.9. The molecule has 3 rings (SSSR count). The van der Waals surface area contributed by atoms with Gasteiger partial charge in [0.2, 0.25) is 0 Å². The van der Waals surface area contributed by atoms with Gasteiger partial charge in [-0.1, -0.05) is 0 Å². The number of fused-ring (bicyclic) bond motifs is 1. The maximum atomic E-state index is 11.8. The summed E-state index contributed by atoms with van der Waals surface area (Å²) in [5.74, 6) is 3.01. The SMILES string of the molecule is CN=C(NCc1cc(C(=O)OC)c(C)o1)N1CCc2cc(OC)c(OC)cc2C1.I. The average Bonchev–Trinajstić information content (AvgIpc) is 3.12. The second kappa shape index (κ2) is 10.6. The highest BCUT2D eigenvalue weighted by Gasteiger charge is 2.22. The molecule has 0 atom stereocenters. The van der Waals surface area contributed by atoms with E-state index in [1.165, 1.54) is 18.2 Å². The maximum Gasteiger partial charge on any atom is 0.341 e. The van der Waals surface area contributed by atoms with Crippen LogP contribution in [0.3, 0.4) is 0 Å². The van der Waals surface area contributed by atoms with Gasteiger partial charge in [0.15, 0.2) is 17.5 Å². The minimum Gasteiger partial charge on any atom is -0.493 e. The van der Waals surface area contributed by atoms with E-state index in [1.807, 2.05) is 12.1 Å². The number of rotatable bonds is 5. The molecule has 1 N–H and O–H groups in total. The van der Waals surface area contributed by atoms with E-state index in [4.69, 9.17) is 18.6 Å². The Morgan fingerprint density at radius 1 is 1.17 bits per heavy atom. The third-order valence-electron chi connectivity index (χ3n) is 5.02. The van der Waals surface area contributed by atoms with Crippen LogP contribution in [-0.2, 0) is 24.2 Å². The van der Waals surface area contributed by atoms with Gasteiger partial charge in [-0.2, -0.15) is 0 Å². The highest BCUT2D eigenvalue weighted by atomic mass is 127. The van der Waals surface area contributed by atoms with Gasteiger partial charge < -0.3 is 28.8 Å². The van der Waals surface area contributed by atoms with Gasteiger partial charge in [0, 0.05) is 20.1 Å². The number of aliphatic imine (C=N–C) groups is 1. The van der Waals surface area contributed by atoms with Crippen LogP contribution in [0.25, 0.3) is 0 Å². The van der Waals surface area contributed by atoms with Crippen molar-refractivity contribution in [3.8, 4) is 11.5 Å². The summed E-state index contributed by atoms with van der Waals surface area (Å²) in [7, 11) is 6.39. The molecule has 0 unspecified atom stereocenters. The van der Waals surface area contributed by atoms with Crippen molar-refractivity contribution in [1.82, 2.24) is 10.2 Å². The van der Waals surface area contributed by atoms with E-state index in [2.05, 4.69) is 15.2 Å². The topological polar surface area (TPSA) is 85.5 Å². The fourth-order valence-electron chi connectivity index (χ4n) is 3.51. The molecular formula is C21H28IN3O5. The van der Waals surface area contributed by atoms with Crippen molar-refractivity contribution in [2.75, 3.05) is 34.9 Å². The number of nitrogens with zero attached hydrogens (tertiary/aromatic N) is 2. The molecule has 9 heteroatoms. The van der Waals surface area contributed by atoms with Crippen molar-refractivity contribution < 1.29 is 23.4 Å². The fourth-order valence-corrected chi connectivity index (χ4v) is 3.51. The van der Waals surface area contributed by atoms with Crippen LogP contribution in [0.4, 0.5) is 0 Å². The molecule has 30 heavy (non-hydrogen) atoms. The Balaban J connectivity index is 0.00000320. The van der Waals surface area contributed by atoms with Crippen molar-refractivity contribution in [2.45, 2.75) is 26.4 Å². The van der Waals surface area contributed by atoms with E-state index in [0.29, 0.717) is 30.2 Å². The summed E-state index contributed by atoms with van der Waals surface area (Å²) >= 11 is 0. The second-order valence-corrected chi connectivity index (χ2v) is 6.72. The zero-order chi connectivity index (χ0) is 21.0. The Hall–Kier alpha value is -2.43. The number of esters is 1. The molecule has 0 saturated heterocycles. The van der Waals surface area contributed by atoms with E-state index in [-0.39, 0.29) is 24.0 Å². The molecule has 2 heterocycles. The lowest BCUT2D eigenvalue weighted by atomic mass is 9.99. The molecule has 2 aromatic rings. The molecular weight excluding hydrogens is 501 g/mol. The summed E-state index contributed by atoms with van der Waals surface area (Å²) in [5, 5.41) is 3.31. The molecule has 0 radical (unpaired) electrons. The standard InChI is InChI=1S/C21H27N3O5.HI/c1-13-17(20(25)28-5)10-16(29-13)11-23-21(22-2)24-7-6-14-8-18(26-3)19(27-4)9-15(14)12-24;/h8-10H,6-7,11-12H2,1-5H3,(H,22,23);1H. The Labute approximate surface area is 193 Å². The van der Waals surface area contributed by atoms with Gasteiger partial charge >= 0.3 is 5.97 Å². The predicted molar refractivity (Wildman–Crippen MR) is 124 cm³/mol. The minimum atomic E-state index is -0.404. The van der Waals surface area contributed by atoms with Crippen LogP contribution in [-0.4, -0.2) is 51.8 Å². The summed E-state index contributed by atoms with van der Waals surface area (Å²) in [6.07, 6.45) is 0.878. The number of hydrogen-bond donors (Lipinski definition) is 1. The third kappa shape index (κ3) is 5.00. The van der Waals surface area contributed by atoms with E-state index in [1.54, 1.807) is 34.3 Å². The minimum absolute atomic E-state index is 0. The van der Waals surface area contributed by atoms with Gasteiger partial charge in [0.1, 0.15) is 17.1 Å². The van der Waals surface area contributed by atoms with Crippen LogP contribution in [0.15, 0.2) is 27.6 Å². The quantitative estimate of drug-likeness (QED) is 0.276. The van der Waals surface area contributed by atoms with Crippen LogP contribution in [0.1, 0.15) is 33.0 Å². The van der Waals surface area contributed by atoms with Crippen LogP contribution in [0, 0.1) is 6.92 Å². The Bertz CT molecular complexity index is 926. The molecule has 8 nitrogen and oxygen atoms in total. The van der Waals surface area contributed by atoms with Gasteiger partial charge in [-0.3, -0.25) is 4.99 Å². The summed E-state index contributed by atoms with van der Waals surface area (Å²) < 4.78 is 21.3. The highest BCUT2D eigenvalue weighted by Crippen LogP contribution is 2.33. The fraction of sp³-hybridized carbons (Fsp3) is 0.429. The molecule has 1 aliphatic heterocycles. The number of hydrogen-bond acceptors (Lipinski definition) is 6. The van der Waals surface area contributed by atoms with Crippen LogP contribution in [0.2, 0.25) is 0 Å². The second-order valence-electron chi connectivity index (χ2n) is 6.72. The number of methoxy groups -OCH3 is 3. The van der Waals surface area contributed by atoms with Crippen LogP contribution >= 0.6 is 24.0 Å². The zero-order valence-corrected chi connectivity index (χ0v) is 20.2. The van der Waals surface area contributed by atoms with Crippen molar-refractivity contribution >= 4 is 35.9 Å². The number of carbonyl (C=O) groups excluding carboxylic acids is 1. The lowest BCUT2D eigenvalue weighted by Gasteiger charge is -2.32.